The van der Waals surface area contributed by atoms with Crippen LogP contribution in [0.5, 0.6) is 0 Å². The van der Waals surface area contributed by atoms with E-state index in [9.17, 15) is 18.0 Å². The quantitative estimate of drug-likeness (QED) is 0.591. The van der Waals surface area contributed by atoms with E-state index < -0.39 is 22.9 Å². The maximum absolute atomic E-state index is 12.9. The van der Waals surface area contributed by atoms with Gasteiger partial charge in [0.15, 0.2) is 0 Å². The number of anilines is 1. The number of halogens is 4. The Morgan fingerprint density at radius 2 is 2.18 bits per heavy atom. The van der Waals surface area contributed by atoms with E-state index in [0.717, 1.165) is 30.0 Å². The molecule has 1 unspecified atom stereocenters. The van der Waals surface area contributed by atoms with Gasteiger partial charge in [-0.2, -0.15) is 13.2 Å². The van der Waals surface area contributed by atoms with Crippen LogP contribution in [0.3, 0.4) is 0 Å². The van der Waals surface area contributed by atoms with E-state index in [1.54, 1.807) is 19.1 Å². The highest BCUT2D eigenvalue weighted by molar-refractivity contribution is 8.00. The van der Waals surface area contributed by atoms with Gasteiger partial charge in [0, 0.05) is 0 Å². The summed E-state index contributed by atoms with van der Waals surface area (Å²) in [6.45, 7) is 1.85. The normalized spacial score (nSPS) is 12.8. The van der Waals surface area contributed by atoms with Gasteiger partial charge in [0.25, 0.3) is 0 Å². The van der Waals surface area contributed by atoms with Crippen molar-refractivity contribution in [3.8, 4) is 0 Å². The lowest BCUT2D eigenvalue weighted by Crippen LogP contribution is -2.23. The largest absolute Gasteiger partial charge is 0.467 e. The number of carbonyl (C=O) groups is 1. The molecule has 1 amide bonds. The Kier molecular flexibility index (Phi) is 5.94. The fourth-order valence-electron chi connectivity index (χ4n) is 2.17. The molecule has 28 heavy (non-hydrogen) atoms. The molecule has 7 nitrogen and oxygen atoms in total. The third kappa shape index (κ3) is 4.84. The molecule has 0 aliphatic rings. The number of carbonyl (C=O) groups excluding carboxylic acids is 1. The molecule has 1 aromatic carbocycles. The van der Waals surface area contributed by atoms with Gasteiger partial charge >= 0.3 is 6.18 Å². The Balaban J connectivity index is 1.68. The Hall–Kier alpha value is -2.53. The van der Waals surface area contributed by atoms with E-state index in [0.29, 0.717) is 10.9 Å². The van der Waals surface area contributed by atoms with Gasteiger partial charge in [-0.15, -0.1) is 5.10 Å². The smallest absolute Gasteiger partial charge is 0.416 e. The third-order valence-electron chi connectivity index (χ3n) is 3.59. The second-order valence-corrected chi connectivity index (χ2v) is 7.36. The number of furan rings is 1. The van der Waals surface area contributed by atoms with Crippen LogP contribution in [0.25, 0.3) is 0 Å². The average Bonchev–Trinajstić information content (AvgIpc) is 3.28. The fraction of sp³-hybridized carbons (Fsp3) is 0.250. The Bertz CT molecular complexity index is 962. The molecular weight excluding hydrogens is 419 g/mol. The molecule has 148 valence electrons. The summed E-state index contributed by atoms with van der Waals surface area (Å²) in [6.07, 6.45) is -3.03. The zero-order valence-corrected chi connectivity index (χ0v) is 15.8. The molecule has 3 rings (SSSR count). The van der Waals surface area contributed by atoms with Crippen molar-refractivity contribution in [1.29, 1.82) is 0 Å². The van der Waals surface area contributed by atoms with Gasteiger partial charge in [-0.25, -0.2) is 4.68 Å². The molecule has 0 saturated carbocycles. The van der Waals surface area contributed by atoms with Crippen LogP contribution in [0.2, 0.25) is 5.02 Å². The Morgan fingerprint density at radius 1 is 1.39 bits per heavy atom. The molecule has 2 heterocycles. The highest BCUT2D eigenvalue weighted by Gasteiger charge is 2.31. The molecule has 3 aromatic rings. The highest BCUT2D eigenvalue weighted by Crippen LogP contribution is 2.34. The number of amides is 1. The molecule has 12 heteroatoms. The second-order valence-electron chi connectivity index (χ2n) is 5.64. The SMILES string of the molecule is CC(Sc1nnnn1Cc1ccco1)C(=O)Nc1cc(C(F)(F)F)ccc1Cl. The number of rotatable bonds is 6. The summed E-state index contributed by atoms with van der Waals surface area (Å²) < 4.78 is 45.2. The summed E-state index contributed by atoms with van der Waals surface area (Å²) in [5, 5.41) is 13.3. The lowest BCUT2D eigenvalue weighted by molar-refractivity contribution is -0.137. The van der Waals surface area contributed by atoms with Crippen molar-refractivity contribution < 1.29 is 22.4 Å². The van der Waals surface area contributed by atoms with Gasteiger partial charge in [0.1, 0.15) is 12.3 Å². The Labute approximate surface area is 166 Å². The minimum atomic E-state index is -4.54. The zero-order chi connectivity index (χ0) is 20.3. The number of thioether (sulfide) groups is 1. The summed E-state index contributed by atoms with van der Waals surface area (Å²) in [4.78, 5) is 12.4. The van der Waals surface area contributed by atoms with Crippen molar-refractivity contribution >= 4 is 35.0 Å². The first-order valence-corrected chi connectivity index (χ1v) is 9.12. The number of aromatic nitrogens is 4. The average molecular weight is 432 g/mol. The van der Waals surface area contributed by atoms with E-state index in [1.165, 1.54) is 10.9 Å². The van der Waals surface area contributed by atoms with Gasteiger partial charge < -0.3 is 9.73 Å². The first-order valence-electron chi connectivity index (χ1n) is 7.87. The van der Waals surface area contributed by atoms with E-state index in [1.807, 2.05) is 0 Å². The van der Waals surface area contributed by atoms with E-state index >= 15 is 0 Å². The van der Waals surface area contributed by atoms with Crippen LogP contribution in [-0.4, -0.2) is 31.4 Å². The third-order valence-corrected chi connectivity index (χ3v) is 4.99. The summed E-state index contributed by atoms with van der Waals surface area (Å²) in [6, 6.07) is 6.20. The molecule has 2 aromatic heterocycles. The molecular formula is C16H13ClF3N5O2S. The molecule has 0 radical (unpaired) electrons. The molecule has 0 aliphatic heterocycles. The Morgan fingerprint density at radius 3 is 2.86 bits per heavy atom. The van der Waals surface area contributed by atoms with Crippen LogP contribution < -0.4 is 5.32 Å². The lowest BCUT2D eigenvalue weighted by atomic mass is 10.2. The van der Waals surface area contributed by atoms with Gasteiger partial charge in [0.2, 0.25) is 11.1 Å². The number of alkyl halides is 3. The first kappa shape index (κ1) is 20.2. The first-order chi connectivity index (χ1) is 13.2. The van der Waals surface area contributed by atoms with Crippen LogP contribution in [0, 0.1) is 0 Å². The predicted octanol–water partition coefficient (Wildman–Crippen LogP) is 4.11. The molecule has 0 fully saturated rings. The van der Waals surface area contributed by atoms with Gasteiger partial charge in [-0.3, -0.25) is 4.79 Å². The fourth-order valence-corrected chi connectivity index (χ4v) is 3.13. The van der Waals surface area contributed by atoms with E-state index in [2.05, 4.69) is 20.8 Å². The standard InChI is InChI=1S/C16H13ClF3N5O2S/c1-9(28-15-22-23-24-25(15)8-11-3-2-6-27-11)14(26)21-13-7-10(16(18,19)20)4-5-12(13)17/h2-7,9H,8H2,1H3,(H,21,26). The van der Waals surface area contributed by atoms with Crippen molar-refractivity contribution in [2.24, 2.45) is 0 Å². The van der Waals surface area contributed by atoms with Crippen LogP contribution in [0.4, 0.5) is 18.9 Å². The number of nitrogens with zero attached hydrogens (tertiary/aromatic N) is 4. The number of hydrogen-bond donors (Lipinski definition) is 1. The maximum Gasteiger partial charge on any atom is 0.416 e. The zero-order valence-electron chi connectivity index (χ0n) is 14.3. The number of hydrogen-bond acceptors (Lipinski definition) is 6. The van der Waals surface area contributed by atoms with Crippen LogP contribution in [0.15, 0.2) is 46.2 Å². The summed E-state index contributed by atoms with van der Waals surface area (Å²) in [7, 11) is 0. The lowest BCUT2D eigenvalue weighted by Gasteiger charge is -2.14. The predicted molar refractivity (Wildman–Crippen MR) is 96.0 cm³/mol. The molecule has 0 saturated heterocycles. The van der Waals surface area contributed by atoms with Gasteiger partial charge in [-0.05, 0) is 47.7 Å². The number of tetrazole rings is 1. The maximum atomic E-state index is 12.9. The van der Waals surface area contributed by atoms with Crippen molar-refractivity contribution in [2.45, 2.75) is 30.1 Å². The minimum Gasteiger partial charge on any atom is -0.467 e. The molecule has 0 spiro atoms. The molecule has 1 atom stereocenters. The monoisotopic (exact) mass is 431 g/mol. The summed E-state index contributed by atoms with van der Waals surface area (Å²) in [5.41, 5.74) is -1.03. The van der Waals surface area contributed by atoms with Crippen molar-refractivity contribution in [2.75, 3.05) is 5.32 Å². The molecule has 1 N–H and O–H groups in total. The topological polar surface area (TPSA) is 85.8 Å². The number of benzene rings is 1. The van der Waals surface area contributed by atoms with Gasteiger partial charge in [-0.1, -0.05) is 23.4 Å². The number of nitrogens with one attached hydrogen (secondary N) is 1. The van der Waals surface area contributed by atoms with Crippen LogP contribution in [0.1, 0.15) is 18.2 Å². The summed E-state index contributed by atoms with van der Waals surface area (Å²) >= 11 is 6.96. The second kappa shape index (κ2) is 8.23. The van der Waals surface area contributed by atoms with Gasteiger partial charge in [0.05, 0.1) is 27.8 Å². The highest BCUT2D eigenvalue weighted by atomic mass is 35.5. The van der Waals surface area contributed by atoms with Crippen LogP contribution in [-0.2, 0) is 17.5 Å². The van der Waals surface area contributed by atoms with Crippen molar-refractivity contribution in [1.82, 2.24) is 20.2 Å². The summed E-state index contributed by atoms with van der Waals surface area (Å²) in [5.74, 6) is 0.0841. The van der Waals surface area contributed by atoms with E-state index in [4.69, 9.17) is 16.0 Å². The van der Waals surface area contributed by atoms with E-state index in [-0.39, 0.29) is 17.3 Å². The molecule has 0 bridgehead atoms. The molecule has 0 aliphatic carbocycles. The van der Waals surface area contributed by atoms with Crippen molar-refractivity contribution in [3.05, 3.63) is 52.9 Å². The van der Waals surface area contributed by atoms with Crippen LogP contribution >= 0.6 is 23.4 Å². The minimum absolute atomic E-state index is 0.00111. The van der Waals surface area contributed by atoms with Crippen molar-refractivity contribution in [3.63, 3.8) is 0 Å².